The molecule has 0 radical (unpaired) electrons. The Morgan fingerprint density at radius 3 is 2.18 bits per heavy atom. The van der Waals surface area contributed by atoms with Gasteiger partial charge in [0, 0.05) is 12.1 Å². The van der Waals surface area contributed by atoms with E-state index >= 15 is 0 Å². The van der Waals surface area contributed by atoms with Gasteiger partial charge in [-0.3, -0.25) is 4.79 Å². The van der Waals surface area contributed by atoms with Crippen LogP contribution in [0.15, 0.2) is 36.4 Å². The van der Waals surface area contributed by atoms with E-state index in [0.29, 0.717) is 29.5 Å². The maximum absolute atomic E-state index is 12.4. The molecule has 28 heavy (non-hydrogen) atoms. The average molecular weight is 389 g/mol. The summed E-state index contributed by atoms with van der Waals surface area (Å²) < 4.78 is 26.1. The summed E-state index contributed by atoms with van der Waals surface area (Å²) >= 11 is 0. The fourth-order valence-corrected chi connectivity index (χ4v) is 2.44. The number of hydrogen-bond donors (Lipinski definition) is 1. The molecule has 0 aromatic heterocycles. The third-order valence-electron chi connectivity index (χ3n) is 3.72. The monoisotopic (exact) mass is 389 g/mol. The Morgan fingerprint density at radius 2 is 1.54 bits per heavy atom. The minimum absolute atomic E-state index is 0.114. The molecule has 1 N–H and O–H groups in total. The molecule has 150 valence electrons. The minimum Gasteiger partial charge on any atom is -0.496 e. The highest BCUT2D eigenvalue weighted by molar-refractivity contribution is 5.97. The summed E-state index contributed by atoms with van der Waals surface area (Å²) in [6, 6.07) is 9.93. The van der Waals surface area contributed by atoms with Gasteiger partial charge in [0.05, 0.1) is 33.6 Å². The van der Waals surface area contributed by atoms with Gasteiger partial charge in [0.1, 0.15) is 17.1 Å². The second-order valence-corrected chi connectivity index (χ2v) is 5.46. The highest BCUT2D eigenvalue weighted by Gasteiger charge is 2.20. The standard InChI is InChI=1S/C20H23NO7/c1-5-27-15-9-7-6-8-14(15)21-19(22)12-28-20(23)13-10-17(25-3)18(26-4)11-16(13)24-2/h6-11H,5,12H2,1-4H3,(H,21,22). The van der Waals surface area contributed by atoms with Crippen LogP contribution in [0, 0.1) is 0 Å². The summed E-state index contributed by atoms with van der Waals surface area (Å²) in [7, 11) is 4.33. The highest BCUT2D eigenvalue weighted by Crippen LogP contribution is 2.35. The van der Waals surface area contributed by atoms with Crippen molar-refractivity contribution >= 4 is 17.6 Å². The molecule has 0 saturated carbocycles. The van der Waals surface area contributed by atoms with Crippen LogP contribution >= 0.6 is 0 Å². The number of ether oxygens (including phenoxy) is 5. The molecule has 0 bridgehead atoms. The van der Waals surface area contributed by atoms with E-state index in [1.54, 1.807) is 24.3 Å². The van der Waals surface area contributed by atoms with Crippen LogP contribution in [0.4, 0.5) is 5.69 Å². The Hall–Kier alpha value is -3.42. The second kappa shape index (κ2) is 10.1. The molecule has 0 aliphatic carbocycles. The molecule has 0 heterocycles. The molecule has 0 aliphatic rings. The van der Waals surface area contributed by atoms with E-state index in [4.69, 9.17) is 23.7 Å². The quantitative estimate of drug-likeness (QED) is 0.659. The summed E-state index contributed by atoms with van der Waals surface area (Å²) in [6.07, 6.45) is 0. The first-order valence-electron chi connectivity index (χ1n) is 8.52. The molecule has 2 aromatic rings. The first-order valence-corrected chi connectivity index (χ1v) is 8.52. The molecule has 0 atom stereocenters. The van der Waals surface area contributed by atoms with Gasteiger partial charge in [0.15, 0.2) is 18.1 Å². The topological polar surface area (TPSA) is 92.3 Å². The van der Waals surface area contributed by atoms with Crippen molar-refractivity contribution in [2.24, 2.45) is 0 Å². The van der Waals surface area contributed by atoms with Crippen molar-refractivity contribution < 1.29 is 33.3 Å². The van der Waals surface area contributed by atoms with Gasteiger partial charge >= 0.3 is 5.97 Å². The average Bonchev–Trinajstić information content (AvgIpc) is 2.72. The zero-order valence-corrected chi connectivity index (χ0v) is 16.2. The number of methoxy groups -OCH3 is 3. The fourth-order valence-electron chi connectivity index (χ4n) is 2.44. The molecule has 0 fully saturated rings. The van der Waals surface area contributed by atoms with E-state index in [1.807, 2.05) is 6.92 Å². The number of para-hydroxylation sites is 2. The van der Waals surface area contributed by atoms with Crippen LogP contribution in [-0.4, -0.2) is 46.4 Å². The predicted molar refractivity (Wildman–Crippen MR) is 103 cm³/mol. The molecule has 0 aliphatic heterocycles. The molecule has 8 nitrogen and oxygen atoms in total. The molecular formula is C20H23NO7. The van der Waals surface area contributed by atoms with E-state index < -0.39 is 18.5 Å². The van der Waals surface area contributed by atoms with Crippen LogP contribution in [-0.2, 0) is 9.53 Å². The predicted octanol–water partition coefficient (Wildman–Crippen LogP) is 2.91. The molecule has 2 aromatic carbocycles. The summed E-state index contributed by atoms with van der Waals surface area (Å²) in [5.41, 5.74) is 0.608. The van der Waals surface area contributed by atoms with E-state index in [2.05, 4.69) is 5.32 Å². The van der Waals surface area contributed by atoms with Crippen molar-refractivity contribution in [1.82, 2.24) is 0 Å². The Labute approximate surface area is 163 Å². The minimum atomic E-state index is -0.731. The lowest BCUT2D eigenvalue weighted by molar-refractivity contribution is -0.119. The van der Waals surface area contributed by atoms with Gasteiger partial charge in [-0.15, -0.1) is 0 Å². The first kappa shape index (κ1) is 20.9. The largest absolute Gasteiger partial charge is 0.496 e. The van der Waals surface area contributed by atoms with Gasteiger partial charge in [0.25, 0.3) is 5.91 Å². The number of hydrogen-bond acceptors (Lipinski definition) is 7. The zero-order valence-electron chi connectivity index (χ0n) is 16.2. The Balaban J connectivity index is 2.07. The van der Waals surface area contributed by atoms with E-state index in [-0.39, 0.29) is 11.3 Å². The van der Waals surface area contributed by atoms with Crippen LogP contribution in [0.3, 0.4) is 0 Å². The highest BCUT2D eigenvalue weighted by atomic mass is 16.5. The van der Waals surface area contributed by atoms with Crippen LogP contribution in [0.2, 0.25) is 0 Å². The van der Waals surface area contributed by atoms with Gasteiger partial charge < -0.3 is 29.0 Å². The van der Waals surface area contributed by atoms with Gasteiger partial charge in [-0.05, 0) is 19.1 Å². The van der Waals surface area contributed by atoms with E-state index in [0.717, 1.165) is 0 Å². The third kappa shape index (κ3) is 5.06. The summed E-state index contributed by atoms with van der Waals surface area (Å²) in [4.78, 5) is 24.6. The zero-order chi connectivity index (χ0) is 20.5. The van der Waals surface area contributed by atoms with Crippen molar-refractivity contribution in [3.63, 3.8) is 0 Å². The number of esters is 1. The van der Waals surface area contributed by atoms with Crippen LogP contribution in [0.5, 0.6) is 23.0 Å². The van der Waals surface area contributed by atoms with Gasteiger partial charge in [-0.2, -0.15) is 0 Å². The summed E-state index contributed by atoms with van der Waals surface area (Å²) in [5.74, 6) is 0.286. The van der Waals surface area contributed by atoms with Gasteiger partial charge in [-0.25, -0.2) is 4.79 Å². The number of benzene rings is 2. The van der Waals surface area contributed by atoms with Crippen LogP contribution < -0.4 is 24.3 Å². The SMILES string of the molecule is CCOc1ccccc1NC(=O)COC(=O)c1cc(OC)c(OC)cc1OC. The van der Waals surface area contributed by atoms with Crippen molar-refractivity contribution in [1.29, 1.82) is 0 Å². The third-order valence-corrected chi connectivity index (χ3v) is 3.72. The van der Waals surface area contributed by atoms with Crippen molar-refractivity contribution in [2.75, 3.05) is 39.9 Å². The van der Waals surface area contributed by atoms with Gasteiger partial charge in [0.2, 0.25) is 0 Å². The van der Waals surface area contributed by atoms with Crippen LogP contribution in [0.25, 0.3) is 0 Å². The smallest absolute Gasteiger partial charge is 0.342 e. The lowest BCUT2D eigenvalue weighted by Crippen LogP contribution is -2.21. The van der Waals surface area contributed by atoms with Crippen LogP contribution in [0.1, 0.15) is 17.3 Å². The lowest BCUT2D eigenvalue weighted by Gasteiger charge is -2.14. The Bertz CT molecular complexity index is 835. The van der Waals surface area contributed by atoms with Gasteiger partial charge in [-0.1, -0.05) is 12.1 Å². The maximum Gasteiger partial charge on any atom is 0.342 e. The molecule has 0 saturated heterocycles. The number of nitrogens with one attached hydrogen (secondary N) is 1. The van der Waals surface area contributed by atoms with Crippen molar-refractivity contribution in [3.8, 4) is 23.0 Å². The maximum atomic E-state index is 12.4. The van der Waals surface area contributed by atoms with Crippen molar-refractivity contribution in [3.05, 3.63) is 42.0 Å². The normalized spacial score (nSPS) is 10.0. The number of rotatable bonds is 9. The first-order chi connectivity index (χ1) is 13.5. The molecule has 0 unspecified atom stereocenters. The second-order valence-electron chi connectivity index (χ2n) is 5.46. The Morgan fingerprint density at radius 1 is 0.893 bits per heavy atom. The fraction of sp³-hybridized carbons (Fsp3) is 0.300. The number of anilines is 1. The molecule has 1 amide bonds. The Kier molecular flexibility index (Phi) is 7.50. The van der Waals surface area contributed by atoms with Crippen molar-refractivity contribution in [2.45, 2.75) is 6.92 Å². The summed E-state index contributed by atoms with van der Waals surface area (Å²) in [5, 5.41) is 2.65. The van der Waals surface area contributed by atoms with E-state index in [9.17, 15) is 9.59 Å². The molecule has 2 rings (SSSR count). The molecular weight excluding hydrogens is 366 g/mol. The summed E-state index contributed by atoms with van der Waals surface area (Å²) in [6.45, 7) is 1.83. The number of carbonyl (C=O) groups excluding carboxylic acids is 2. The number of carbonyl (C=O) groups is 2. The lowest BCUT2D eigenvalue weighted by atomic mass is 10.1. The number of amides is 1. The van der Waals surface area contributed by atoms with E-state index in [1.165, 1.54) is 33.5 Å². The molecule has 0 spiro atoms. The molecule has 8 heteroatoms.